The van der Waals surface area contributed by atoms with Crippen LogP contribution in [-0.4, -0.2) is 11.6 Å². The molecular formula is C79H73F3O2S4. The number of carbonyl (C=O) groups excluding carboxylic acids is 2. The third kappa shape index (κ3) is 13.4. The molecule has 9 aromatic carbocycles. The fourth-order valence-corrected chi connectivity index (χ4v) is 17.8. The van der Waals surface area contributed by atoms with Crippen molar-refractivity contribution in [2.45, 2.75) is 167 Å². The van der Waals surface area contributed by atoms with E-state index in [1.165, 1.54) is 159 Å². The average molecular weight is 1240 g/mol. The zero-order chi connectivity index (χ0) is 60.5. The summed E-state index contributed by atoms with van der Waals surface area (Å²) < 4.78 is 41.5. The molecule has 0 atom stereocenters. The molecule has 3 fully saturated rings. The molecule has 9 aromatic rings. The van der Waals surface area contributed by atoms with Crippen molar-refractivity contribution in [3.8, 4) is 33.4 Å². The summed E-state index contributed by atoms with van der Waals surface area (Å²) in [4.78, 5) is 37.8. The molecule has 0 bridgehead atoms. The Morgan fingerprint density at radius 2 is 0.568 bits per heavy atom. The molecular weight excluding hydrogens is 1170 g/mol. The van der Waals surface area contributed by atoms with Crippen LogP contribution in [0.5, 0.6) is 0 Å². The molecule has 4 aliphatic carbocycles. The number of fused-ring (bicyclic) bond motifs is 2. The molecule has 3 saturated carbocycles. The van der Waals surface area contributed by atoms with Crippen molar-refractivity contribution in [3.63, 3.8) is 0 Å². The fraction of sp³-hybridized carbons (Fsp3) is 0.291. The summed E-state index contributed by atoms with van der Waals surface area (Å²) in [6.45, 7) is 7.02. The zero-order valence-electron chi connectivity index (χ0n) is 50.2. The molecule has 0 radical (unpaired) electrons. The van der Waals surface area contributed by atoms with Gasteiger partial charge in [-0.25, -0.2) is 0 Å². The first-order valence-corrected chi connectivity index (χ1v) is 35.0. The Kier molecular flexibility index (Phi) is 18.2. The number of alkyl halides is 3. The van der Waals surface area contributed by atoms with Gasteiger partial charge in [0, 0.05) is 61.4 Å². The van der Waals surface area contributed by atoms with E-state index in [0.29, 0.717) is 58.9 Å². The van der Waals surface area contributed by atoms with Crippen molar-refractivity contribution in [1.82, 2.24) is 0 Å². The molecule has 0 saturated heterocycles. The van der Waals surface area contributed by atoms with E-state index < -0.39 is 11.7 Å². The summed E-state index contributed by atoms with van der Waals surface area (Å²) in [7, 11) is 0. The molecule has 2 nitrogen and oxygen atoms in total. The Labute approximate surface area is 534 Å². The second-order valence-electron chi connectivity index (χ2n) is 25.2. The van der Waals surface area contributed by atoms with Crippen LogP contribution in [0.25, 0.3) is 33.4 Å². The predicted molar refractivity (Wildman–Crippen MR) is 359 cm³/mol. The highest BCUT2D eigenvalue weighted by molar-refractivity contribution is 8.00. The van der Waals surface area contributed by atoms with Gasteiger partial charge in [0.25, 0.3) is 0 Å². The number of ketones is 2. The maximum absolute atomic E-state index is 16.1. The van der Waals surface area contributed by atoms with E-state index in [0.717, 1.165) is 78.0 Å². The molecule has 0 unspecified atom stereocenters. The third-order valence-corrected chi connectivity index (χ3v) is 23.7. The molecule has 13 rings (SSSR count). The zero-order valence-corrected chi connectivity index (χ0v) is 53.5. The highest BCUT2D eigenvalue weighted by atomic mass is 32.2. The Hall–Kier alpha value is -6.49. The Morgan fingerprint density at radius 1 is 0.330 bits per heavy atom. The molecule has 0 aliphatic heterocycles. The van der Waals surface area contributed by atoms with Gasteiger partial charge in [0.15, 0.2) is 11.6 Å². The highest BCUT2D eigenvalue weighted by Gasteiger charge is 2.39. The SMILES string of the molecule is CCC1CCC(c2ccc(-c3ccc(Sc4ccc(Sc5ccc(-c6ccc(C7CCC(C)CC7)cc6)cc5)c5c4C(=O)c4c(Sc6ccc(-c7ccc(C8CCC(C)CC8)cc7)cc6)ccc(Sc6ccc(C(F)(F)F)cc6)c4C5=O)cc3)cc2)CC1. The normalized spacial score (nSPS) is 20.3. The second kappa shape index (κ2) is 26.5. The van der Waals surface area contributed by atoms with E-state index in [4.69, 9.17) is 0 Å². The molecule has 0 amide bonds. The highest BCUT2D eigenvalue weighted by Crippen LogP contribution is 2.50. The molecule has 0 heterocycles. The van der Waals surface area contributed by atoms with Gasteiger partial charge in [0.05, 0.1) is 5.56 Å². The number of halogens is 3. The van der Waals surface area contributed by atoms with Crippen molar-refractivity contribution in [2.24, 2.45) is 17.8 Å². The molecule has 4 aliphatic rings. The van der Waals surface area contributed by atoms with Crippen LogP contribution in [0.3, 0.4) is 0 Å². The summed E-state index contributed by atoms with van der Waals surface area (Å²) in [6.07, 6.45) is 11.9. The lowest BCUT2D eigenvalue weighted by Gasteiger charge is -2.28. The van der Waals surface area contributed by atoms with Crippen molar-refractivity contribution in [1.29, 1.82) is 0 Å². The average Bonchev–Trinajstić information content (AvgIpc) is 0.809. The summed E-state index contributed by atoms with van der Waals surface area (Å²) in [5.41, 5.74) is 11.4. The monoisotopic (exact) mass is 1240 g/mol. The Bertz CT molecular complexity index is 3930. The van der Waals surface area contributed by atoms with Crippen molar-refractivity contribution in [3.05, 3.63) is 239 Å². The minimum Gasteiger partial charge on any atom is -0.288 e. The van der Waals surface area contributed by atoms with Crippen LogP contribution >= 0.6 is 47.0 Å². The van der Waals surface area contributed by atoms with E-state index in [9.17, 15) is 13.2 Å². The van der Waals surface area contributed by atoms with E-state index in [1.54, 1.807) is 0 Å². The summed E-state index contributed by atoms with van der Waals surface area (Å²) in [6, 6.07) is 65.1. The largest absolute Gasteiger partial charge is 0.416 e. The van der Waals surface area contributed by atoms with Crippen LogP contribution in [0.2, 0.25) is 0 Å². The predicted octanol–water partition coefficient (Wildman–Crippen LogP) is 24.4. The summed E-state index contributed by atoms with van der Waals surface area (Å²) in [5, 5.41) is 0. The van der Waals surface area contributed by atoms with Gasteiger partial charge in [-0.05, 0) is 222 Å². The smallest absolute Gasteiger partial charge is 0.288 e. The number of hydrogen-bond donors (Lipinski definition) is 0. The first-order chi connectivity index (χ1) is 42.8. The number of carbonyl (C=O) groups is 2. The lowest BCUT2D eigenvalue weighted by atomic mass is 9.77. The molecule has 0 spiro atoms. The molecule has 446 valence electrons. The van der Waals surface area contributed by atoms with Gasteiger partial charge in [0.2, 0.25) is 0 Å². The van der Waals surface area contributed by atoms with E-state index >= 15 is 9.59 Å². The minimum absolute atomic E-state index is 0.256. The topological polar surface area (TPSA) is 34.1 Å². The molecule has 0 aromatic heterocycles. The van der Waals surface area contributed by atoms with Gasteiger partial charge in [-0.15, -0.1) is 0 Å². The minimum atomic E-state index is -4.51. The summed E-state index contributed by atoms with van der Waals surface area (Å²) >= 11 is 5.58. The van der Waals surface area contributed by atoms with E-state index in [-0.39, 0.29) is 17.1 Å². The lowest BCUT2D eigenvalue weighted by molar-refractivity contribution is -0.137. The maximum atomic E-state index is 16.1. The van der Waals surface area contributed by atoms with Gasteiger partial charge in [-0.3, -0.25) is 9.59 Å². The lowest BCUT2D eigenvalue weighted by Crippen LogP contribution is -2.24. The Balaban J connectivity index is 0.839. The molecule has 0 N–H and O–H groups in total. The van der Waals surface area contributed by atoms with Gasteiger partial charge < -0.3 is 0 Å². The number of hydrogen-bond acceptors (Lipinski definition) is 6. The van der Waals surface area contributed by atoms with Gasteiger partial charge >= 0.3 is 6.18 Å². The van der Waals surface area contributed by atoms with Crippen molar-refractivity contribution >= 4 is 58.6 Å². The van der Waals surface area contributed by atoms with Crippen LogP contribution in [0.4, 0.5) is 13.2 Å². The first-order valence-electron chi connectivity index (χ1n) is 31.7. The van der Waals surface area contributed by atoms with Gasteiger partial charge in [-0.1, -0.05) is 209 Å². The van der Waals surface area contributed by atoms with Crippen LogP contribution in [-0.2, 0) is 6.18 Å². The van der Waals surface area contributed by atoms with Crippen LogP contribution in [0, 0.1) is 17.8 Å². The maximum Gasteiger partial charge on any atom is 0.416 e. The van der Waals surface area contributed by atoms with Gasteiger partial charge in [0.1, 0.15) is 0 Å². The van der Waals surface area contributed by atoms with Crippen LogP contribution in [0.1, 0.15) is 176 Å². The Morgan fingerprint density at radius 3 is 0.818 bits per heavy atom. The van der Waals surface area contributed by atoms with Crippen LogP contribution in [0.15, 0.2) is 233 Å². The van der Waals surface area contributed by atoms with Crippen LogP contribution < -0.4 is 0 Å². The molecule has 88 heavy (non-hydrogen) atoms. The fourth-order valence-electron chi connectivity index (χ4n) is 13.9. The van der Waals surface area contributed by atoms with Crippen molar-refractivity contribution in [2.75, 3.05) is 0 Å². The number of rotatable bonds is 15. The number of benzene rings is 9. The van der Waals surface area contributed by atoms with E-state index in [1.807, 2.05) is 24.3 Å². The van der Waals surface area contributed by atoms with Gasteiger partial charge in [-0.2, -0.15) is 13.2 Å². The molecule has 9 heteroatoms. The third-order valence-electron chi connectivity index (χ3n) is 19.4. The first kappa shape index (κ1) is 60.4. The van der Waals surface area contributed by atoms with E-state index in [2.05, 4.69) is 166 Å². The quantitative estimate of drug-likeness (QED) is 0.102. The van der Waals surface area contributed by atoms with Crippen molar-refractivity contribution < 1.29 is 22.8 Å². The standard InChI is InChI=1S/C79H73F3O2S4/c1-4-51-9-15-54(16-10-51)57-21-27-60(28-22-57)63-33-41-66(42-34-63)85-69-45-46-70(86-65-37-29-61(30-38-65)58-23-17-55(18-24-58)52-11-5-49(2)6-12-52)74-73(69)77(83)75-71(47-48-72(76(75)78(74)84)88-68-43-35-64(36-44-68)79(80,81)82)87-67-39-31-62(32-40-67)59-25-19-56(20-26-59)53-13-7-50(3)8-14-53/h17-54H,4-16H2,1-3H3. The second-order valence-corrected chi connectivity index (χ2v) is 29.7. The summed E-state index contributed by atoms with van der Waals surface area (Å²) in [5.74, 6) is 3.73.